The van der Waals surface area contributed by atoms with Crippen LogP contribution in [0.3, 0.4) is 0 Å². The first-order valence-electron chi connectivity index (χ1n) is 8.00. The summed E-state index contributed by atoms with van der Waals surface area (Å²) in [5, 5.41) is 5.43. The Morgan fingerprint density at radius 2 is 2.22 bits per heavy atom. The number of likely N-dealkylation sites (tertiary alicyclic amines) is 1. The van der Waals surface area contributed by atoms with Gasteiger partial charge in [-0.15, -0.1) is 0 Å². The maximum Gasteiger partial charge on any atom is 0.336 e. The monoisotopic (exact) mass is 325 g/mol. The van der Waals surface area contributed by atoms with Gasteiger partial charge in [0.05, 0.1) is 0 Å². The molecular weight excluding hydrogens is 306 g/mol. The molecule has 3 aromatic rings. The lowest BCUT2D eigenvalue weighted by Gasteiger charge is -2.24. The fourth-order valence-electron chi connectivity index (χ4n) is 3.54. The van der Waals surface area contributed by atoms with Gasteiger partial charge in [0.1, 0.15) is 5.58 Å². The Labute approximate surface area is 139 Å². The molecule has 0 bridgehead atoms. The van der Waals surface area contributed by atoms with Gasteiger partial charge in [-0.3, -0.25) is 4.90 Å². The van der Waals surface area contributed by atoms with Crippen LogP contribution in [0.4, 0.5) is 0 Å². The summed E-state index contributed by atoms with van der Waals surface area (Å²) >= 11 is 1.75. The molecule has 4 rings (SSSR count). The Morgan fingerprint density at radius 1 is 1.30 bits per heavy atom. The molecule has 0 unspecified atom stereocenters. The van der Waals surface area contributed by atoms with Gasteiger partial charge in [0, 0.05) is 24.0 Å². The lowest BCUT2D eigenvalue weighted by molar-refractivity contribution is 0.249. The minimum absolute atomic E-state index is 0.260. The third-order valence-corrected chi connectivity index (χ3v) is 5.35. The molecule has 0 aliphatic carbocycles. The molecule has 0 saturated carbocycles. The van der Waals surface area contributed by atoms with Crippen molar-refractivity contribution >= 4 is 22.3 Å². The number of thiophene rings is 1. The highest BCUT2D eigenvalue weighted by molar-refractivity contribution is 7.07. The van der Waals surface area contributed by atoms with E-state index in [1.165, 1.54) is 18.4 Å². The van der Waals surface area contributed by atoms with Gasteiger partial charge in [0.2, 0.25) is 0 Å². The maximum atomic E-state index is 11.9. The van der Waals surface area contributed by atoms with Crippen LogP contribution in [-0.2, 0) is 6.54 Å². The van der Waals surface area contributed by atoms with E-state index in [1.54, 1.807) is 17.4 Å². The van der Waals surface area contributed by atoms with Gasteiger partial charge in [-0.25, -0.2) is 4.79 Å². The van der Waals surface area contributed by atoms with E-state index in [0.29, 0.717) is 11.6 Å². The molecule has 3 heterocycles. The predicted octanol–water partition coefficient (Wildman–Crippen LogP) is 4.50. The van der Waals surface area contributed by atoms with Crippen molar-refractivity contribution in [3.8, 4) is 0 Å². The number of benzene rings is 1. The molecule has 1 aromatic carbocycles. The Bertz CT molecular complexity index is 882. The Balaban J connectivity index is 1.71. The van der Waals surface area contributed by atoms with Crippen LogP contribution in [0, 0.1) is 6.92 Å². The van der Waals surface area contributed by atoms with Crippen LogP contribution in [0.2, 0.25) is 0 Å². The molecule has 1 aliphatic heterocycles. The summed E-state index contributed by atoms with van der Waals surface area (Å²) in [6, 6.07) is 10.4. The molecule has 0 spiro atoms. The van der Waals surface area contributed by atoms with Crippen molar-refractivity contribution in [2.75, 3.05) is 6.54 Å². The molecule has 3 nitrogen and oxygen atoms in total. The Kier molecular flexibility index (Phi) is 3.79. The summed E-state index contributed by atoms with van der Waals surface area (Å²) in [4.78, 5) is 14.4. The molecule has 0 radical (unpaired) electrons. The average Bonchev–Trinajstić information content (AvgIpc) is 3.17. The van der Waals surface area contributed by atoms with Crippen LogP contribution in [0.5, 0.6) is 0 Å². The highest BCUT2D eigenvalue weighted by Crippen LogP contribution is 2.34. The lowest BCUT2D eigenvalue weighted by atomic mass is 10.1. The molecule has 0 N–H and O–H groups in total. The maximum absolute atomic E-state index is 11.9. The van der Waals surface area contributed by atoms with Crippen molar-refractivity contribution in [1.29, 1.82) is 0 Å². The van der Waals surface area contributed by atoms with Gasteiger partial charge in [0.15, 0.2) is 0 Å². The largest absolute Gasteiger partial charge is 0.423 e. The van der Waals surface area contributed by atoms with Crippen LogP contribution in [-0.4, -0.2) is 11.4 Å². The molecule has 1 fully saturated rings. The molecule has 1 saturated heterocycles. The highest BCUT2D eigenvalue weighted by atomic mass is 32.1. The zero-order valence-electron chi connectivity index (χ0n) is 13.1. The fraction of sp³-hybridized carbons (Fsp3) is 0.316. The molecule has 0 amide bonds. The van der Waals surface area contributed by atoms with E-state index in [1.807, 2.05) is 13.0 Å². The van der Waals surface area contributed by atoms with Crippen molar-refractivity contribution < 1.29 is 4.42 Å². The molecule has 2 aromatic heterocycles. The van der Waals surface area contributed by atoms with Crippen LogP contribution < -0.4 is 5.63 Å². The molecule has 4 heteroatoms. The van der Waals surface area contributed by atoms with Gasteiger partial charge in [-0.2, -0.15) is 11.3 Å². The van der Waals surface area contributed by atoms with Gasteiger partial charge in [0.25, 0.3) is 0 Å². The van der Waals surface area contributed by atoms with Crippen molar-refractivity contribution in [1.82, 2.24) is 4.90 Å². The SMILES string of the molecule is Cc1ccc2c(CN3CCC[C@H]3c3ccsc3)cc(=O)oc2c1. The van der Waals surface area contributed by atoms with Crippen LogP contribution >= 0.6 is 11.3 Å². The highest BCUT2D eigenvalue weighted by Gasteiger charge is 2.26. The molecule has 118 valence electrons. The Morgan fingerprint density at radius 3 is 3.04 bits per heavy atom. The zero-order valence-corrected chi connectivity index (χ0v) is 13.9. The minimum Gasteiger partial charge on any atom is -0.423 e. The second-order valence-corrected chi connectivity index (χ2v) is 7.06. The first kappa shape index (κ1) is 14.7. The second kappa shape index (κ2) is 5.95. The molecular formula is C19H19NO2S. The van der Waals surface area contributed by atoms with E-state index >= 15 is 0 Å². The summed E-state index contributed by atoms with van der Waals surface area (Å²) in [5.41, 5.74) is 4.01. The topological polar surface area (TPSA) is 33.5 Å². The van der Waals surface area contributed by atoms with Crippen LogP contribution in [0.1, 0.15) is 35.6 Å². The number of hydrogen-bond donors (Lipinski definition) is 0. The smallest absolute Gasteiger partial charge is 0.336 e. The normalized spacial score (nSPS) is 18.7. The molecule has 23 heavy (non-hydrogen) atoms. The third kappa shape index (κ3) is 2.84. The number of fused-ring (bicyclic) bond motifs is 1. The predicted molar refractivity (Wildman–Crippen MR) is 93.9 cm³/mol. The fourth-order valence-corrected chi connectivity index (χ4v) is 4.25. The van der Waals surface area contributed by atoms with Crippen LogP contribution in [0.25, 0.3) is 11.0 Å². The molecule has 1 atom stereocenters. The van der Waals surface area contributed by atoms with E-state index in [9.17, 15) is 4.79 Å². The van der Waals surface area contributed by atoms with Gasteiger partial charge >= 0.3 is 5.63 Å². The Hall–Kier alpha value is -1.91. The summed E-state index contributed by atoms with van der Waals surface area (Å²) < 4.78 is 5.37. The summed E-state index contributed by atoms with van der Waals surface area (Å²) in [6.45, 7) is 3.89. The summed E-state index contributed by atoms with van der Waals surface area (Å²) in [7, 11) is 0. The number of nitrogens with zero attached hydrogens (tertiary/aromatic N) is 1. The quantitative estimate of drug-likeness (QED) is 0.665. The number of aryl methyl sites for hydroxylation is 1. The van der Waals surface area contributed by atoms with E-state index in [2.05, 4.69) is 33.9 Å². The first-order chi connectivity index (χ1) is 11.2. The van der Waals surface area contributed by atoms with E-state index < -0.39 is 0 Å². The number of hydrogen-bond acceptors (Lipinski definition) is 4. The summed E-state index contributed by atoms with van der Waals surface area (Å²) in [6.07, 6.45) is 2.40. The number of rotatable bonds is 3. The average molecular weight is 325 g/mol. The van der Waals surface area contributed by atoms with E-state index in [4.69, 9.17) is 4.42 Å². The van der Waals surface area contributed by atoms with E-state index in [-0.39, 0.29) is 5.63 Å². The molecule has 1 aliphatic rings. The second-order valence-electron chi connectivity index (χ2n) is 6.28. The standard InChI is InChI=1S/C19H19NO2S/c1-13-4-5-16-15(10-19(21)22-18(16)9-13)11-20-7-2-3-17(20)14-6-8-23-12-14/h4-6,8-10,12,17H,2-3,7,11H2,1H3/t17-/m0/s1. The van der Waals surface area contributed by atoms with E-state index in [0.717, 1.165) is 29.6 Å². The van der Waals surface area contributed by atoms with Gasteiger partial charge in [-0.1, -0.05) is 12.1 Å². The van der Waals surface area contributed by atoms with Crippen molar-refractivity contribution in [3.63, 3.8) is 0 Å². The van der Waals surface area contributed by atoms with Crippen molar-refractivity contribution in [2.45, 2.75) is 32.4 Å². The first-order valence-corrected chi connectivity index (χ1v) is 8.94. The van der Waals surface area contributed by atoms with Crippen molar-refractivity contribution in [2.24, 2.45) is 0 Å². The van der Waals surface area contributed by atoms with Gasteiger partial charge in [-0.05, 0) is 65.9 Å². The zero-order chi connectivity index (χ0) is 15.8. The lowest BCUT2D eigenvalue weighted by Crippen LogP contribution is -2.23. The summed E-state index contributed by atoms with van der Waals surface area (Å²) in [5.74, 6) is 0. The van der Waals surface area contributed by atoms with Gasteiger partial charge < -0.3 is 4.42 Å². The minimum atomic E-state index is -0.260. The van der Waals surface area contributed by atoms with Crippen LogP contribution in [0.15, 0.2) is 50.3 Å². The van der Waals surface area contributed by atoms with Crippen molar-refractivity contribution in [3.05, 3.63) is 68.2 Å². The third-order valence-electron chi connectivity index (χ3n) is 4.65.